The van der Waals surface area contributed by atoms with E-state index in [4.69, 9.17) is 16.4 Å². The zero-order chi connectivity index (χ0) is 7.28. The Morgan fingerprint density at radius 1 is 1.67 bits per heavy atom. The van der Waals surface area contributed by atoms with Crippen molar-refractivity contribution in [2.24, 2.45) is 16.5 Å². The lowest BCUT2D eigenvalue weighted by molar-refractivity contribution is 0.503. The molecule has 0 amide bonds. The highest BCUT2D eigenvalue weighted by Crippen LogP contribution is 2.10. The highest BCUT2D eigenvalue weighted by atomic mass is 31.1. The molecule has 9 heavy (non-hydrogen) atoms. The van der Waals surface area contributed by atoms with Gasteiger partial charge in [-0.1, -0.05) is 0 Å². The second-order valence-corrected chi connectivity index (χ2v) is 2.53. The number of hydrogen-bond donors (Lipinski definition) is 3. The first-order valence-corrected chi connectivity index (χ1v) is 3.71. The summed E-state index contributed by atoms with van der Waals surface area (Å²) in [5.74, 6) is -0.0492. The minimum Gasteiger partial charge on any atom is -0.370 e. The Morgan fingerprint density at radius 3 is 2.56 bits per heavy atom. The predicted octanol–water partition coefficient (Wildman–Crippen LogP) is -1.01. The molecule has 0 saturated carbocycles. The van der Waals surface area contributed by atoms with Gasteiger partial charge in [-0.3, -0.25) is 0 Å². The zero-order valence-corrected chi connectivity index (χ0v) is 5.71. The van der Waals surface area contributed by atoms with Crippen molar-refractivity contribution in [3.63, 3.8) is 0 Å². The van der Waals surface area contributed by atoms with Crippen LogP contribution in [0.25, 0.3) is 0 Å². The normalized spacial score (nSPS) is 10.6. The summed E-state index contributed by atoms with van der Waals surface area (Å²) in [6, 6.07) is 0. The molecular formula is C3H9N3O2P+. The van der Waals surface area contributed by atoms with Crippen molar-refractivity contribution in [2.45, 2.75) is 0 Å². The van der Waals surface area contributed by atoms with Crippen LogP contribution >= 0.6 is 8.03 Å². The van der Waals surface area contributed by atoms with E-state index >= 15 is 0 Å². The molecule has 0 fully saturated rings. The molecule has 1 unspecified atom stereocenters. The fourth-order valence-corrected chi connectivity index (χ4v) is 0.536. The summed E-state index contributed by atoms with van der Waals surface area (Å²) in [5, 5.41) is 0. The van der Waals surface area contributed by atoms with Crippen LogP contribution in [0.1, 0.15) is 0 Å². The van der Waals surface area contributed by atoms with Gasteiger partial charge in [0.25, 0.3) is 0 Å². The minimum absolute atomic E-state index is 0.0492. The molecule has 0 aromatic rings. The second-order valence-electron chi connectivity index (χ2n) is 1.38. The Hall–Kier alpha value is -0.670. The van der Waals surface area contributed by atoms with E-state index in [9.17, 15) is 4.57 Å². The molecule has 0 aliphatic rings. The highest BCUT2D eigenvalue weighted by molar-refractivity contribution is 7.38. The Morgan fingerprint density at radius 2 is 2.22 bits per heavy atom. The summed E-state index contributed by atoms with van der Waals surface area (Å²) in [6.07, 6.45) is 0.118. The van der Waals surface area contributed by atoms with Crippen LogP contribution in [0.3, 0.4) is 0 Å². The van der Waals surface area contributed by atoms with E-state index in [0.717, 1.165) is 0 Å². The van der Waals surface area contributed by atoms with Crippen molar-refractivity contribution in [1.29, 1.82) is 0 Å². The number of nitrogens with two attached hydrogens (primary N) is 2. The first kappa shape index (κ1) is 8.33. The van der Waals surface area contributed by atoms with Crippen LogP contribution in [0.2, 0.25) is 0 Å². The quantitative estimate of drug-likeness (QED) is 0.272. The molecule has 0 aromatic heterocycles. The predicted molar refractivity (Wildman–Crippen MR) is 35.4 cm³/mol. The molecule has 5 N–H and O–H groups in total. The van der Waals surface area contributed by atoms with Gasteiger partial charge in [-0.05, 0) is 4.57 Å². The van der Waals surface area contributed by atoms with Crippen LogP contribution in [-0.2, 0) is 4.57 Å². The van der Waals surface area contributed by atoms with E-state index in [1.54, 1.807) is 0 Å². The summed E-state index contributed by atoms with van der Waals surface area (Å²) in [4.78, 5) is 11.7. The standard InChI is InChI=1S/C3H8N3O2P/c4-3(5)6-1-2-9(7)8/h1-2H2,(H4-,4,5,6,7,8)/p+1. The van der Waals surface area contributed by atoms with E-state index in [-0.39, 0.29) is 18.7 Å². The molecule has 6 heteroatoms. The Bertz CT molecular complexity index is 131. The molecule has 52 valence electrons. The van der Waals surface area contributed by atoms with Crippen LogP contribution in [-0.4, -0.2) is 23.6 Å². The number of guanidine groups is 1. The van der Waals surface area contributed by atoms with Gasteiger partial charge in [0.1, 0.15) is 0 Å². The first-order chi connectivity index (χ1) is 4.13. The van der Waals surface area contributed by atoms with Gasteiger partial charge in [0, 0.05) is 0 Å². The lowest BCUT2D eigenvalue weighted by atomic mass is 10.8. The fraction of sp³-hybridized carbons (Fsp3) is 0.667. The topological polar surface area (TPSA) is 102 Å². The van der Waals surface area contributed by atoms with Crippen LogP contribution in [0.5, 0.6) is 0 Å². The van der Waals surface area contributed by atoms with Crippen LogP contribution in [0.4, 0.5) is 0 Å². The van der Waals surface area contributed by atoms with Gasteiger partial charge < -0.3 is 11.5 Å². The average Bonchev–Trinajstić information content (AvgIpc) is 1.63. The molecule has 0 heterocycles. The second kappa shape index (κ2) is 4.23. The van der Waals surface area contributed by atoms with E-state index in [1.165, 1.54) is 0 Å². The largest absolute Gasteiger partial charge is 0.507 e. The van der Waals surface area contributed by atoms with Crippen molar-refractivity contribution < 1.29 is 9.46 Å². The van der Waals surface area contributed by atoms with E-state index < -0.39 is 8.03 Å². The number of hydrogen-bond acceptors (Lipinski definition) is 2. The lowest BCUT2D eigenvalue weighted by Crippen LogP contribution is -2.23. The van der Waals surface area contributed by atoms with Crippen molar-refractivity contribution in [3.8, 4) is 0 Å². The summed E-state index contributed by atoms with van der Waals surface area (Å²) in [6.45, 7) is 0.216. The molecule has 0 bridgehead atoms. The molecule has 0 aliphatic heterocycles. The number of aliphatic imine (C=N–C) groups is 1. The van der Waals surface area contributed by atoms with Crippen LogP contribution in [0.15, 0.2) is 4.99 Å². The van der Waals surface area contributed by atoms with Crippen LogP contribution < -0.4 is 11.5 Å². The van der Waals surface area contributed by atoms with Gasteiger partial charge in [-0.15, -0.1) is 0 Å². The molecule has 0 saturated heterocycles. The summed E-state index contributed by atoms with van der Waals surface area (Å²) in [5.41, 5.74) is 9.86. The Kier molecular flexibility index (Phi) is 3.92. The molecule has 0 radical (unpaired) electrons. The van der Waals surface area contributed by atoms with Crippen molar-refractivity contribution in [3.05, 3.63) is 0 Å². The summed E-state index contributed by atoms with van der Waals surface area (Å²) in [7, 11) is -2.10. The Balaban J connectivity index is 3.31. The maximum absolute atomic E-state index is 9.98. The number of nitrogens with zero attached hydrogens (tertiary/aromatic N) is 1. The van der Waals surface area contributed by atoms with Gasteiger partial charge in [-0.2, -0.15) is 4.89 Å². The molecule has 0 aromatic carbocycles. The summed E-state index contributed by atoms with van der Waals surface area (Å²) >= 11 is 0. The smallest absolute Gasteiger partial charge is 0.370 e. The lowest BCUT2D eigenvalue weighted by Gasteiger charge is -1.84. The molecular weight excluding hydrogens is 141 g/mol. The third-order valence-corrected chi connectivity index (χ3v) is 1.17. The maximum Gasteiger partial charge on any atom is 0.507 e. The molecule has 0 aliphatic carbocycles. The summed E-state index contributed by atoms with van der Waals surface area (Å²) < 4.78 is 9.98. The van der Waals surface area contributed by atoms with Gasteiger partial charge in [0.05, 0.1) is 6.54 Å². The van der Waals surface area contributed by atoms with Gasteiger partial charge >= 0.3 is 8.03 Å². The van der Waals surface area contributed by atoms with E-state index in [1.807, 2.05) is 0 Å². The first-order valence-electron chi connectivity index (χ1n) is 2.32. The third kappa shape index (κ3) is 7.33. The van der Waals surface area contributed by atoms with E-state index in [2.05, 4.69) is 4.99 Å². The third-order valence-electron chi connectivity index (χ3n) is 0.586. The number of rotatable bonds is 3. The van der Waals surface area contributed by atoms with Crippen molar-refractivity contribution in [1.82, 2.24) is 0 Å². The molecule has 1 atom stereocenters. The average molecular weight is 150 g/mol. The van der Waals surface area contributed by atoms with Crippen molar-refractivity contribution >= 4 is 14.0 Å². The highest BCUT2D eigenvalue weighted by Gasteiger charge is 2.06. The molecule has 5 nitrogen and oxygen atoms in total. The van der Waals surface area contributed by atoms with Gasteiger partial charge in [0.2, 0.25) is 0 Å². The van der Waals surface area contributed by atoms with Gasteiger partial charge in [-0.25, -0.2) is 4.99 Å². The molecule has 0 rings (SSSR count). The molecule has 0 spiro atoms. The SMILES string of the molecule is NC(N)=NCC[P+](=O)O. The fourth-order valence-electron chi connectivity index (χ4n) is 0.265. The monoisotopic (exact) mass is 150 g/mol. The van der Waals surface area contributed by atoms with Crippen molar-refractivity contribution in [2.75, 3.05) is 12.7 Å². The maximum atomic E-state index is 9.98. The zero-order valence-electron chi connectivity index (χ0n) is 4.82. The Labute approximate surface area is 53.6 Å². The van der Waals surface area contributed by atoms with Gasteiger partial charge in [0.15, 0.2) is 12.1 Å². The van der Waals surface area contributed by atoms with E-state index in [0.29, 0.717) is 0 Å². The minimum atomic E-state index is -2.10. The van der Waals surface area contributed by atoms with Crippen LogP contribution in [0, 0.1) is 0 Å².